The Morgan fingerprint density at radius 1 is 1.23 bits per heavy atom. The third-order valence-corrected chi connectivity index (χ3v) is 9.91. The SMILES string of the molecule is CC[C@]12CC[C@H]3[C@@H](C[C@H](CO)C4=CC(=O)CC[C@@H]43)[C@@H]1[C@H]1C[C@H]1[C@@]2(O)CCOC(=O)O. The van der Waals surface area contributed by atoms with E-state index in [2.05, 4.69) is 6.92 Å². The highest BCUT2D eigenvalue weighted by atomic mass is 16.7. The second-order valence-electron chi connectivity index (χ2n) is 10.6. The van der Waals surface area contributed by atoms with Gasteiger partial charge in [-0.2, -0.15) is 0 Å². The van der Waals surface area contributed by atoms with Crippen molar-refractivity contribution in [1.29, 1.82) is 0 Å². The number of ketones is 1. The average molecular weight is 419 g/mol. The lowest BCUT2D eigenvalue weighted by Crippen LogP contribution is -2.57. The summed E-state index contributed by atoms with van der Waals surface area (Å²) in [6.45, 7) is 2.32. The van der Waals surface area contributed by atoms with Crippen LogP contribution in [0.25, 0.3) is 0 Å². The number of carbonyl (C=O) groups excluding carboxylic acids is 1. The van der Waals surface area contributed by atoms with E-state index in [0.717, 1.165) is 38.5 Å². The second kappa shape index (κ2) is 7.06. The predicted molar refractivity (Wildman–Crippen MR) is 109 cm³/mol. The Kier molecular flexibility index (Phi) is 4.82. The zero-order chi connectivity index (χ0) is 21.3. The topological polar surface area (TPSA) is 104 Å². The fourth-order valence-electron chi connectivity index (χ4n) is 8.87. The average Bonchev–Trinajstić information content (AvgIpc) is 3.48. The maximum absolute atomic E-state index is 12.1. The van der Waals surface area contributed by atoms with Crippen LogP contribution in [0.15, 0.2) is 11.6 Å². The molecule has 9 atom stereocenters. The standard InChI is InChI=1S/C24H34O6/c1-2-23-6-5-16-15-4-3-14(26)10-17(15)13(12-25)9-18(16)21(23)19-11-20(19)24(23,29)7-8-30-22(27)28/h10,13,15-16,18-21,25,29H,2-9,11-12H2,1H3,(H,27,28)/t13-,15-,16-,18-,19+,20-,21-,23+,24+/m1/s1. The number of aliphatic hydroxyl groups is 2. The van der Waals surface area contributed by atoms with Crippen LogP contribution in [0.5, 0.6) is 0 Å². The molecule has 0 heterocycles. The molecular weight excluding hydrogens is 384 g/mol. The highest BCUT2D eigenvalue weighted by Gasteiger charge is 2.76. The molecule has 0 aromatic carbocycles. The van der Waals surface area contributed by atoms with Crippen molar-refractivity contribution in [3.63, 3.8) is 0 Å². The molecule has 6 heteroatoms. The number of aliphatic hydroxyl groups excluding tert-OH is 1. The Labute approximate surface area is 177 Å². The first-order valence-corrected chi connectivity index (χ1v) is 11.8. The molecule has 0 saturated heterocycles. The summed E-state index contributed by atoms with van der Waals surface area (Å²) in [6, 6.07) is 0. The number of hydrogen-bond donors (Lipinski definition) is 3. The highest BCUT2D eigenvalue weighted by Crippen LogP contribution is 2.77. The molecule has 0 aromatic heterocycles. The van der Waals surface area contributed by atoms with E-state index < -0.39 is 11.8 Å². The van der Waals surface area contributed by atoms with Crippen LogP contribution >= 0.6 is 0 Å². The quantitative estimate of drug-likeness (QED) is 0.591. The van der Waals surface area contributed by atoms with Gasteiger partial charge in [0.1, 0.15) is 0 Å². The van der Waals surface area contributed by atoms with Crippen molar-refractivity contribution in [2.75, 3.05) is 13.2 Å². The molecule has 5 rings (SSSR count). The summed E-state index contributed by atoms with van der Waals surface area (Å²) in [5.74, 6) is 2.84. The van der Waals surface area contributed by atoms with Crippen LogP contribution in [0.3, 0.4) is 0 Å². The van der Waals surface area contributed by atoms with Crippen LogP contribution in [-0.4, -0.2) is 46.1 Å². The predicted octanol–water partition coefficient (Wildman–Crippen LogP) is 3.41. The zero-order valence-electron chi connectivity index (χ0n) is 17.8. The van der Waals surface area contributed by atoms with Crippen molar-refractivity contribution in [1.82, 2.24) is 0 Å². The van der Waals surface area contributed by atoms with Gasteiger partial charge in [-0.3, -0.25) is 4.79 Å². The molecule has 3 N–H and O–H groups in total. The molecule has 30 heavy (non-hydrogen) atoms. The van der Waals surface area contributed by atoms with Crippen LogP contribution in [0.4, 0.5) is 4.79 Å². The second-order valence-corrected chi connectivity index (χ2v) is 10.6. The molecule has 0 radical (unpaired) electrons. The zero-order valence-corrected chi connectivity index (χ0v) is 17.8. The number of fused-ring (bicyclic) bond motifs is 7. The Bertz CT molecular complexity index is 776. The normalized spacial score (nSPS) is 48.7. The number of hydrogen-bond acceptors (Lipinski definition) is 5. The Morgan fingerprint density at radius 2 is 2.03 bits per heavy atom. The lowest BCUT2D eigenvalue weighted by Gasteiger charge is -2.59. The highest BCUT2D eigenvalue weighted by molar-refractivity contribution is 5.91. The molecule has 0 amide bonds. The first kappa shape index (κ1) is 20.5. The van der Waals surface area contributed by atoms with Crippen LogP contribution in [0.1, 0.15) is 58.3 Å². The number of rotatable bonds is 5. The molecule has 166 valence electrons. The number of carboxylic acid groups (broad SMARTS) is 1. The number of carbonyl (C=O) groups is 2. The first-order valence-electron chi connectivity index (χ1n) is 11.8. The van der Waals surface area contributed by atoms with Gasteiger partial charge in [0.15, 0.2) is 5.78 Å². The third-order valence-electron chi connectivity index (χ3n) is 9.91. The summed E-state index contributed by atoms with van der Waals surface area (Å²) < 4.78 is 4.81. The van der Waals surface area contributed by atoms with E-state index in [1.54, 1.807) is 0 Å². The summed E-state index contributed by atoms with van der Waals surface area (Å²) in [4.78, 5) is 22.9. The Balaban J connectivity index is 1.47. The smallest absolute Gasteiger partial charge is 0.450 e. The van der Waals surface area contributed by atoms with Crippen molar-refractivity contribution in [2.45, 2.75) is 63.9 Å². The van der Waals surface area contributed by atoms with E-state index >= 15 is 0 Å². The molecule has 4 fully saturated rings. The summed E-state index contributed by atoms with van der Waals surface area (Å²) in [5, 5.41) is 31.0. The van der Waals surface area contributed by atoms with Crippen molar-refractivity contribution < 1.29 is 29.6 Å². The minimum absolute atomic E-state index is 0.0501. The molecule has 6 nitrogen and oxygen atoms in total. The van der Waals surface area contributed by atoms with Gasteiger partial charge >= 0.3 is 6.16 Å². The maximum atomic E-state index is 12.1. The van der Waals surface area contributed by atoms with Gasteiger partial charge < -0.3 is 20.1 Å². The Hall–Kier alpha value is -1.40. The van der Waals surface area contributed by atoms with Gasteiger partial charge in [0.05, 0.1) is 12.2 Å². The van der Waals surface area contributed by atoms with Gasteiger partial charge in [0, 0.05) is 30.8 Å². The van der Waals surface area contributed by atoms with Crippen molar-refractivity contribution in [3.8, 4) is 0 Å². The molecule has 0 aliphatic heterocycles. The third kappa shape index (κ3) is 2.68. The minimum atomic E-state index is -1.28. The molecule has 0 bridgehead atoms. The lowest BCUT2D eigenvalue weighted by atomic mass is 9.46. The largest absolute Gasteiger partial charge is 0.505 e. The van der Waals surface area contributed by atoms with E-state index in [1.165, 1.54) is 5.57 Å². The Morgan fingerprint density at radius 3 is 2.73 bits per heavy atom. The maximum Gasteiger partial charge on any atom is 0.505 e. The van der Waals surface area contributed by atoms with Crippen LogP contribution in [0.2, 0.25) is 0 Å². The van der Waals surface area contributed by atoms with Crippen molar-refractivity contribution in [3.05, 3.63) is 11.6 Å². The fraction of sp³-hybridized carbons (Fsp3) is 0.833. The molecule has 5 aliphatic carbocycles. The van der Waals surface area contributed by atoms with Gasteiger partial charge in [0.2, 0.25) is 0 Å². The van der Waals surface area contributed by atoms with Gasteiger partial charge in [-0.1, -0.05) is 12.5 Å². The molecule has 0 aromatic rings. The molecule has 4 saturated carbocycles. The van der Waals surface area contributed by atoms with Crippen LogP contribution < -0.4 is 0 Å². The summed E-state index contributed by atoms with van der Waals surface area (Å²) in [5.41, 5.74) is 0.148. The van der Waals surface area contributed by atoms with Gasteiger partial charge in [-0.15, -0.1) is 0 Å². The summed E-state index contributed by atoms with van der Waals surface area (Å²) in [7, 11) is 0. The van der Waals surface area contributed by atoms with E-state index in [1.807, 2.05) is 6.08 Å². The molecule has 5 aliphatic rings. The van der Waals surface area contributed by atoms with Crippen LogP contribution in [0, 0.1) is 46.8 Å². The van der Waals surface area contributed by atoms with Crippen molar-refractivity contribution in [2.24, 2.45) is 46.8 Å². The molecular formula is C24H34O6. The van der Waals surface area contributed by atoms with E-state index in [9.17, 15) is 19.8 Å². The monoisotopic (exact) mass is 418 g/mol. The summed E-state index contributed by atoms with van der Waals surface area (Å²) >= 11 is 0. The molecule has 0 unspecified atom stereocenters. The fourth-order valence-corrected chi connectivity index (χ4v) is 8.87. The van der Waals surface area contributed by atoms with Crippen molar-refractivity contribution >= 4 is 11.9 Å². The molecule has 0 spiro atoms. The lowest BCUT2D eigenvalue weighted by molar-refractivity contribution is -0.162. The number of ether oxygens (including phenoxy) is 1. The minimum Gasteiger partial charge on any atom is -0.450 e. The van der Waals surface area contributed by atoms with Gasteiger partial charge in [-0.05, 0) is 80.1 Å². The van der Waals surface area contributed by atoms with E-state index in [-0.39, 0.29) is 36.2 Å². The summed E-state index contributed by atoms with van der Waals surface area (Å²) in [6.07, 6.45) is 7.30. The first-order chi connectivity index (χ1) is 14.4. The van der Waals surface area contributed by atoms with E-state index in [4.69, 9.17) is 9.84 Å². The van der Waals surface area contributed by atoms with Gasteiger partial charge in [-0.25, -0.2) is 4.79 Å². The van der Waals surface area contributed by atoms with Crippen LogP contribution in [-0.2, 0) is 9.53 Å². The van der Waals surface area contributed by atoms with Gasteiger partial charge in [0.25, 0.3) is 0 Å². The van der Waals surface area contributed by atoms with E-state index in [0.29, 0.717) is 42.4 Å².